The Hall–Kier alpha value is -6.57. The second-order valence-electron chi connectivity index (χ2n) is 12.0. The minimum Gasteiger partial charge on any atom is -0.456 e. The van der Waals surface area contributed by atoms with Crippen molar-refractivity contribution < 1.29 is 4.42 Å². The summed E-state index contributed by atoms with van der Waals surface area (Å²) in [6.07, 6.45) is 0. The third-order valence-electron chi connectivity index (χ3n) is 9.55. The van der Waals surface area contributed by atoms with E-state index in [2.05, 4.69) is 141 Å². The van der Waals surface area contributed by atoms with Gasteiger partial charge in [0.1, 0.15) is 11.2 Å². The van der Waals surface area contributed by atoms with Crippen molar-refractivity contribution in [1.82, 2.24) is 9.13 Å². The van der Waals surface area contributed by atoms with Gasteiger partial charge in [-0.25, -0.2) is 4.85 Å². The maximum atomic E-state index is 8.18. The van der Waals surface area contributed by atoms with Crippen molar-refractivity contribution in [1.29, 1.82) is 0 Å². The van der Waals surface area contributed by atoms with Crippen LogP contribution in [-0.2, 0) is 0 Å². The van der Waals surface area contributed by atoms with Gasteiger partial charge in [0.15, 0.2) is 5.69 Å². The van der Waals surface area contributed by atoms with Crippen LogP contribution >= 0.6 is 0 Å². The fourth-order valence-electron chi connectivity index (χ4n) is 7.53. The van der Waals surface area contributed by atoms with E-state index in [9.17, 15) is 0 Å². The van der Waals surface area contributed by atoms with Crippen LogP contribution < -0.4 is 0 Å². The highest BCUT2D eigenvalue weighted by atomic mass is 16.3. The lowest BCUT2D eigenvalue weighted by Crippen LogP contribution is -1.98. The summed E-state index contributed by atoms with van der Waals surface area (Å²) in [6.45, 7) is 8.18. The van der Waals surface area contributed by atoms with Gasteiger partial charge in [-0.1, -0.05) is 97.1 Å². The maximum absolute atomic E-state index is 8.18. The van der Waals surface area contributed by atoms with Crippen LogP contribution in [0, 0.1) is 6.57 Å². The van der Waals surface area contributed by atoms with Gasteiger partial charge in [0.05, 0.1) is 28.6 Å². The summed E-state index contributed by atoms with van der Waals surface area (Å²) < 4.78 is 11.0. The molecule has 0 spiro atoms. The average molecular weight is 600 g/mol. The molecule has 4 heteroatoms. The Morgan fingerprint density at radius 1 is 0.447 bits per heavy atom. The fraction of sp³-hybridized carbons (Fsp3) is 0. The molecule has 0 aliphatic heterocycles. The highest BCUT2D eigenvalue weighted by Gasteiger charge is 2.20. The van der Waals surface area contributed by atoms with Gasteiger partial charge in [-0.05, 0) is 54.1 Å². The molecule has 47 heavy (non-hydrogen) atoms. The summed E-state index contributed by atoms with van der Waals surface area (Å²) in [7, 11) is 0. The molecule has 0 bridgehead atoms. The van der Waals surface area contributed by atoms with Gasteiger partial charge < -0.3 is 13.6 Å². The van der Waals surface area contributed by atoms with Crippen LogP contribution in [0.3, 0.4) is 0 Å². The molecule has 0 aliphatic carbocycles. The Labute approximate surface area is 269 Å². The molecule has 218 valence electrons. The topological polar surface area (TPSA) is 27.4 Å². The largest absolute Gasteiger partial charge is 0.456 e. The van der Waals surface area contributed by atoms with E-state index >= 15 is 0 Å². The van der Waals surface area contributed by atoms with Gasteiger partial charge in [-0.2, -0.15) is 0 Å². The number of furan rings is 1. The van der Waals surface area contributed by atoms with E-state index in [0.29, 0.717) is 5.69 Å². The zero-order valence-electron chi connectivity index (χ0n) is 25.2. The van der Waals surface area contributed by atoms with Gasteiger partial charge in [-0.3, -0.25) is 0 Å². The zero-order valence-corrected chi connectivity index (χ0v) is 25.2. The van der Waals surface area contributed by atoms with Crippen molar-refractivity contribution in [2.24, 2.45) is 0 Å². The normalized spacial score (nSPS) is 11.8. The lowest BCUT2D eigenvalue weighted by molar-refractivity contribution is 0.669. The summed E-state index contributed by atoms with van der Waals surface area (Å²) in [5.74, 6) is 0. The number of aromatic nitrogens is 2. The van der Waals surface area contributed by atoms with Crippen LogP contribution in [0.4, 0.5) is 5.69 Å². The van der Waals surface area contributed by atoms with Crippen molar-refractivity contribution in [3.63, 3.8) is 0 Å². The third kappa shape index (κ3) is 3.63. The van der Waals surface area contributed by atoms with Crippen LogP contribution in [0.5, 0.6) is 0 Å². The van der Waals surface area contributed by atoms with E-state index in [1.54, 1.807) is 0 Å². The highest BCUT2D eigenvalue weighted by molar-refractivity contribution is 6.17. The smallest absolute Gasteiger partial charge is 0.196 e. The number of hydrogen-bond acceptors (Lipinski definition) is 1. The van der Waals surface area contributed by atoms with Crippen molar-refractivity contribution >= 4 is 71.2 Å². The van der Waals surface area contributed by atoms with E-state index in [1.165, 1.54) is 21.8 Å². The predicted octanol–water partition coefficient (Wildman–Crippen LogP) is 12.0. The Morgan fingerprint density at radius 2 is 1.04 bits per heavy atom. The highest BCUT2D eigenvalue weighted by Crippen LogP contribution is 2.43. The summed E-state index contributed by atoms with van der Waals surface area (Å²) in [5, 5.41) is 7.00. The van der Waals surface area contributed by atoms with E-state index < -0.39 is 0 Å². The molecule has 0 saturated carbocycles. The lowest BCUT2D eigenvalue weighted by atomic mass is 10.0. The van der Waals surface area contributed by atoms with Crippen molar-refractivity contribution in [2.45, 2.75) is 0 Å². The first-order valence-corrected chi connectivity index (χ1v) is 15.7. The van der Waals surface area contributed by atoms with Crippen LogP contribution in [0.2, 0.25) is 0 Å². The van der Waals surface area contributed by atoms with Crippen molar-refractivity contribution in [3.05, 3.63) is 163 Å². The van der Waals surface area contributed by atoms with E-state index in [0.717, 1.165) is 66.2 Å². The molecule has 4 nitrogen and oxygen atoms in total. The molecular weight excluding hydrogens is 574 g/mol. The Balaban J connectivity index is 1.22. The SMILES string of the molecule is [C-]#[N+]c1cccc(-n2c3ccccc3c3cc4c(cc32)oc2ccccc24)c1-c1ccc(-n2c3ccccc3c3ccccc32)cc1. The summed E-state index contributed by atoms with van der Waals surface area (Å²) >= 11 is 0. The molecule has 0 N–H and O–H groups in total. The minimum atomic E-state index is 0.614. The Morgan fingerprint density at radius 3 is 1.72 bits per heavy atom. The Bertz CT molecular complexity index is 2860. The molecule has 3 heterocycles. The quantitative estimate of drug-likeness (QED) is 0.186. The first kappa shape index (κ1) is 25.7. The molecule has 0 aliphatic rings. The molecule has 10 rings (SSSR count). The summed E-state index contributed by atoms with van der Waals surface area (Å²) in [5.41, 5.74) is 10.8. The van der Waals surface area contributed by atoms with Gasteiger partial charge in [0.2, 0.25) is 0 Å². The van der Waals surface area contributed by atoms with Gasteiger partial charge >= 0.3 is 0 Å². The first-order valence-electron chi connectivity index (χ1n) is 15.7. The Kier molecular flexibility index (Phi) is 5.32. The van der Waals surface area contributed by atoms with E-state index in [-0.39, 0.29) is 0 Å². The van der Waals surface area contributed by atoms with Crippen LogP contribution in [0.1, 0.15) is 0 Å². The maximum Gasteiger partial charge on any atom is 0.196 e. The molecule has 0 unspecified atom stereocenters. The second-order valence-corrected chi connectivity index (χ2v) is 12.0. The number of hydrogen-bond donors (Lipinski definition) is 0. The van der Waals surface area contributed by atoms with Crippen LogP contribution in [0.25, 0.3) is 92.9 Å². The zero-order chi connectivity index (χ0) is 31.1. The second kappa shape index (κ2) is 9.71. The number of benzene rings is 7. The summed E-state index contributed by atoms with van der Waals surface area (Å²) in [4.78, 5) is 4.02. The lowest BCUT2D eigenvalue weighted by Gasteiger charge is -2.16. The molecule has 7 aromatic carbocycles. The minimum absolute atomic E-state index is 0.614. The van der Waals surface area contributed by atoms with Crippen LogP contribution in [0.15, 0.2) is 156 Å². The van der Waals surface area contributed by atoms with Gasteiger partial charge in [-0.15, -0.1) is 0 Å². The van der Waals surface area contributed by atoms with E-state index in [1.807, 2.05) is 24.3 Å². The molecule has 0 amide bonds. The van der Waals surface area contributed by atoms with Crippen molar-refractivity contribution in [3.8, 4) is 22.5 Å². The number of rotatable bonds is 3. The van der Waals surface area contributed by atoms with Gasteiger partial charge in [0.25, 0.3) is 0 Å². The molecule has 0 saturated heterocycles. The number of para-hydroxylation sites is 4. The third-order valence-corrected chi connectivity index (χ3v) is 9.55. The average Bonchev–Trinajstić information content (AvgIpc) is 3.77. The first-order chi connectivity index (χ1) is 23.3. The molecule has 10 aromatic rings. The molecule has 0 atom stereocenters. The fourth-order valence-corrected chi connectivity index (χ4v) is 7.53. The predicted molar refractivity (Wildman–Crippen MR) is 194 cm³/mol. The molecule has 0 radical (unpaired) electrons. The number of nitrogens with zero attached hydrogens (tertiary/aromatic N) is 3. The molecule has 3 aromatic heterocycles. The van der Waals surface area contributed by atoms with Gasteiger partial charge in [0, 0.05) is 55.3 Å². The number of fused-ring (bicyclic) bond motifs is 9. The monoisotopic (exact) mass is 599 g/mol. The standard InChI is InChI=1S/C43H25N3O/c1-44-35-15-10-19-39(43(35)27-21-23-28(24-22-27)45-36-16-6-2-11-29(36)30-12-3-7-17-37(30)45)46-38-18-8-4-13-31(38)33-25-34-32-14-5-9-20-41(32)47-42(34)26-40(33)46/h2-26H. The molecular formula is C43H25N3O. The van der Waals surface area contributed by atoms with Crippen LogP contribution in [-0.4, -0.2) is 9.13 Å². The van der Waals surface area contributed by atoms with Crippen molar-refractivity contribution in [2.75, 3.05) is 0 Å². The molecule has 0 fully saturated rings. The summed E-state index contributed by atoms with van der Waals surface area (Å²) in [6, 6.07) is 52.9. The van der Waals surface area contributed by atoms with E-state index in [4.69, 9.17) is 11.0 Å².